The van der Waals surface area contributed by atoms with Gasteiger partial charge in [0.1, 0.15) is 0 Å². The van der Waals surface area contributed by atoms with Gasteiger partial charge in [-0.05, 0) is 48.9 Å². The van der Waals surface area contributed by atoms with E-state index in [2.05, 4.69) is 48.3 Å². The van der Waals surface area contributed by atoms with Gasteiger partial charge in [-0.15, -0.1) is 0 Å². The van der Waals surface area contributed by atoms with Crippen molar-refractivity contribution in [2.24, 2.45) is 0 Å². The summed E-state index contributed by atoms with van der Waals surface area (Å²) in [7, 11) is 0. The molecule has 27 heavy (non-hydrogen) atoms. The molecule has 3 rings (SSSR count). The fraction of sp³-hybridized carbons (Fsp3) is 0.435. The first-order valence-electron chi connectivity index (χ1n) is 9.71. The van der Waals surface area contributed by atoms with E-state index in [1.54, 1.807) is 6.92 Å². The van der Waals surface area contributed by atoms with Crippen LogP contribution < -0.4 is 5.32 Å². The van der Waals surface area contributed by atoms with Crippen LogP contribution in [0.4, 0.5) is 0 Å². The van der Waals surface area contributed by atoms with Crippen LogP contribution in [0.1, 0.15) is 48.1 Å². The second-order valence-corrected chi connectivity index (χ2v) is 7.79. The summed E-state index contributed by atoms with van der Waals surface area (Å²) in [6.45, 7) is 8.05. The molecule has 4 heteroatoms. The molecule has 0 aliphatic carbocycles. The number of piperidine rings is 1. The summed E-state index contributed by atoms with van der Waals surface area (Å²) in [6, 6.07) is 16.4. The van der Waals surface area contributed by atoms with Crippen molar-refractivity contribution in [3.8, 4) is 0 Å². The number of aliphatic hydroxyl groups excluding tert-OH is 1. The monoisotopic (exact) mass is 366 g/mol. The van der Waals surface area contributed by atoms with Gasteiger partial charge in [0.15, 0.2) is 0 Å². The largest absolute Gasteiger partial charge is 0.387 e. The molecular weight excluding hydrogens is 336 g/mol. The number of amides is 1. The summed E-state index contributed by atoms with van der Waals surface area (Å²) in [5.41, 5.74) is 4.27. The molecule has 0 aromatic heterocycles. The lowest BCUT2D eigenvalue weighted by Gasteiger charge is -2.43. The highest BCUT2D eigenvalue weighted by Crippen LogP contribution is 2.33. The number of hydrogen-bond donors (Lipinski definition) is 2. The van der Waals surface area contributed by atoms with Crippen LogP contribution in [0.15, 0.2) is 48.5 Å². The Bertz CT molecular complexity index is 780. The molecule has 1 saturated heterocycles. The van der Waals surface area contributed by atoms with E-state index in [-0.39, 0.29) is 11.4 Å². The zero-order chi connectivity index (χ0) is 19.4. The Labute approximate surface area is 162 Å². The maximum atomic E-state index is 11.8. The van der Waals surface area contributed by atoms with E-state index in [1.807, 2.05) is 24.3 Å². The van der Waals surface area contributed by atoms with Crippen LogP contribution in [0.25, 0.3) is 0 Å². The van der Waals surface area contributed by atoms with E-state index in [0.29, 0.717) is 6.54 Å². The molecule has 1 aliphatic heterocycles. The zero-order valence-corrected chi connectivity index (χ0v) is 16.5. The van der Waals surface area contributed by atoms with Crippen molar-refractivity contribution in [2.75, 3.05) is 19.6 Å². The molecule has 1 heterocycles. The average molecular weight is 367 g/mol. The van der Waals surface area contributed by atoms with Gasteiger partial charge in [-0.3, -0.25) is 4.79 Å². The zero-order valence-electron chi connectivity index (χ0n) is 16.5. The predicted molar refractivity (Wildman–Crippen MR) is 108 cm³/mol. The highest BCUT2D eigenvalue weighted by Gasteiger charge is 2.37. The lowest BCUT2D eigenvalue weighted by atomic mass is 9.80. The number of carbonyl (C=O) groups is 1. The van der Waals surface area contributed by atoms with Crippen LogP contribution in [-0.2, 0) is 10.3 Å². The highest BCUT2D eigenvalue weighted by molar-refractivity contribution is 5.74. The number of aryl methyl sites for hydroxylation is 2. The van der Waals surface area contributed by atoms with E-state index in [4.69, 9.17) is 0 Å². The van der Waals surface area contributed by atoms with E-state index in [0.717, 1.165) is 37.1 Å². The van der Waals surface area contributed by atoms with Crippen molar-refractivity contribution in [1.29, 1.82) is 0 Å². The van der Waals surface area contributed by atoms with Gasteiger partial charge in [0, 0.05) is 26.6 Å². The van der Waals surface area contributed by atoms with Crippen molar-refractivity contribution in [3.63, 3.8) is 0 Å². The molecular formula is C23H30N2O2. The van der Waals surface area contributed by atoms with Crippen LogP contribution >= 0.6 is 0 Å². The van der Waals surface area contributed by atoms with Gasteiger partial charge < -0.3 is 15.3 Å². The van der Waals surface area contributed by atoms with Gasteiger partial charge >= 0.3 is 0 Å². The lowest BCUT2D eigenvalue weighted by Crippen LogP contribution is -2.53. The van der Waals surface area contributed by atoms with Gasteiger partial charge in [0.25, 0.3) is 0 Å². The maximum Gasteiger partial charge on any atom is 0.217 e. The fourth-order valence-corrected chi connectivity index (χ4v) is 4.02. The summed E-state index contributed by atoms with van der Waals surface area (Å²) in [6.07, 6.45) is 1.20. The molecule has 1 amide bonds. The smallest absolute Gasteiger partial charge is 0.217 e. The molecule has 0 spiro atoms. The molecule has 1 fully saturated rings. The third-order valence-corrected chi connectivity index (χ3v) is 5.80. The normalized spacial score (nSPS) is 18.1. The van der Waals surface area contributed by atoms with E-state index < -0.39 is 6.10 Å². The lowest BCUT2D eigenvalue weighted by molar-refractivity contribution is -0.121. The Hall–Kier alpha value is -2.17. The second kappa shape index (κ2) is 8.24. The Morgan fingerprint density at radius 1 is 1.11 bits per heavy atom. The van der Waals surface area contributed by atoms with Crippen LogP contribution in [0.3, 0.4) is 0 Å². The van der Waals surface area contributed by atoms with Crippen LogP contribution in [-0.4, -0.2) is 35.5 Å². The summed E-state index contributed by atoms with van der Waals surface area (Å²) in [5, 5.41) is 13.9. The standard InChI is InChI=1S/C23H30N2O2/c1-17-9-10-20(15-18(17)2)22(27)16-25-13-11-23(12-14-25,24-19(3)26)21-7-5-4-6-8-21/h4-10,15,22,27H,11-14,16H2,1-3H3,(H,24,26)/t22-/m0/s1. The van der Waals surface area contributed by atoms with E-state index >= 15 is 0 Å². The fourth-order valence-electron chi connectivity index (χ4n) is 4.02. The summed E-state index contributed by atoms with van der Waals surface area (Å²) >= 11 is 0. The van der Waals surface area contributed by atoms with Crippen LogP contribution in [0.2, 0.25) is 0 Å². The third kappa shape index (κ3) is 4.57. The number of nitrogens with zero attached hydrogens (tertiary/aromatic N) is 1. The van der Waals surface area contributed by atoms with Crippen molar-refractivity contribution >= 4 is 5.91 Å². The Kier molecular flexibility index (Phi) is 5.98. The van der Waals surface area contributed by atoms with Crippen molar-refractivity contribution in [3.05, 3.63) is 70.8 Å². The maximum absolute atomic E-state index is 11.8. The minimum atomic E-state index is -0.491. The van der Waals surface area contributed by atoms with Crippen molar-refractivity contribution in [1.82, 2.24) is 10.2 Å². The first kappa shape index (κ1) is 19.6. The highest BCUT2D eigenvalue weighted by atomic mass is 16.3. The first-order chi connectivity index (χ1) is 12.9. The molecule has 0 radical (unpaired) electrons. The number of benzene rings is 2. The number of nitrogens with one attached hydrogen (secondary N) is 1. The molecule has 1 aliphatic rings. The Morgan fingerprint density at radius 2 is 1.78 bits per heavy atom. The minimum absolute atomic E-state index is 0.00229. The molecule has 0 bridgehead atoms. The summed E-state index contributed by atoms with van der Waals surface area (Å²) in [4.78, 5) is 14.1. The van der Waals surface area contributed by atoms with E-state index in [1.165, 1.54) is 11.1 Å². The molecule has 2 N–H and O–H groups in total. The molecule has 144 valence electrons. The Balaban J connectivity index is 1.67. The third-order valence-electron chi connectivity index (χ3n) is 5.80. The van der Waals surface area contributed by atoms with Gasteiger partial charge in [0.05, 0.1) is 11.6 Å². The van der Waals surface area contributed by atoms with Gasteiger partial charge in [-0.2, -0.15) is 0 Å². The van der Waals surface area contributed by atoms with E-state index in [9.17, 15) is 9.90 Å². The molecule has 2 aromatic carbocycles. The number of β-amino-alcohol motifs (C(OH)–C–C–N with tert-alkyl or cyclic N) is 1. The molecule has 2 aromatic rings. The van der Waals surface area contributed by atoms with Gasteiger partial charge in [-0.1, -0.05) is 48.5 Å². The molecule has 1 atom stereocenters. The molecule has 4 nitrogen and oxygen atoms in total. The number of rotatable bonds is 5. The minimum Gasteiger partial charge on any atom is -0.387 e. The quantitative estimate of drug-likeness (QED) is 0.852. The van der Waals surface area contributed by atoms with Crippen molar-refractivity contribution in [2.45, 2.75) is 45.3 Å². The number of aliphatic hydroxyl groups is 1. The number of hydrogen-bond acceptors (Lipinski definition) is 3. The molecule has 0 saturated carbocycles. The second-order valence-electron chi connectivity index (χ2n) is 7.79. The summed E-state index contributed by atoms with van der Waals surface area (Å²) < 4.78 is 0. The number of likely N-dealkylation sites (tertiary alicyclic amines) is 1. The first-order valence-corrected chi connectivity index (χ1v) is 9.71. The van der Waals surface area contributed by atoms with Crippen molar-refractivity contribution < 1.29 is 9.90 Å². The predicted octanol–water partition coefficient (Wildman–Crippen LogP) is 3.46. The Morgan fingerprint density at radius 3 is 2.37 bits per heavy atom. The van der Waals surface area contributed by atoms with Crippen LogP contribution in [0.5, 0.6) is 0 Å². The average Bonchev–Trinajstić information content (AvgIpc) is 2.66. The van der Waals surface area contributed by atoms with Gasteiger partial charge in [0.2, 0.25) is 5.91 Å². The summed E-state index contributed by atoms with van der Waals surface area (Å²) in [5.74, 6) is 0.00229. The SMILES string of the molecule is CC(=O)NC1(c2ccccc2)CCN(C[C@H](O)c2ccc(C)c(C)c2)CC1. The number of carbonyl (C=O) groups excluding carboxylic acids is 1. The molecule has 0 unspecified atom stereocenters. The van der Waals surface area contributed by atoms with Crippen LogP contribution in [0, 0.1) is 13.8 Å². The van der Waals surface area contributed by atoms with Gasteiger partial charge in [-0.25, -0.2) is 0 Å². The topological polar surface area (TPSA) is 52.6 Å².